The number of aliphatic hydroxyl groups excluding tert-OH is 1. The van der Waals surface area contributed by atoms with E-state index in [-0.39, 0.29) is 6.42 Å². The quantitative estimate of drug-likeness (QED) is 0.698. The lowest BCUT2D eigenvalue weighted by Crippen LogP contribution is -2.46. The number of aldehydes is 1. The van der Waals surface area contributed by atoms with Crippen LogP contribution in [0, 0.1) is 5.92 Å². The molecule has 0 aromatic rings. The summed E-state index contributed by atoms with van der Waals surface area (Å²) in [5.74, 6) is 0.325. The van der Waals surface area contributed by atoms with E-state index >= 15 is 0 Å². The Labute approximate surface area is 115 Å². The Morgan fingerprint density at radius 1 is 1.37 bits per heavy atom. The van der Waals surface area contributed by atoms with Crippen molar-refractivity contribution in [2.24, 2.45) is 5.92 Å². The predicted molar refractivity (Wildman–Crippen MR) is 73.9 cm³/mol. The molecule has 0 bridgehead atoms. The maximum absolute atomic E-state index is 11.7. The van der Waals surface area contributed by atoms with Crippen LogP contribution in [-0.4, -0.2) is 35.2 Å². The van der Waals surface area contributed by atoms with Gasteiger partial charge in [-0.05, 0) is 39.5 Å². The molecule has 0 aliphatic rings. The molecule has 19 heavy (non-hydrogen) atoms. The highest BCUT2D eigenvalue weighted by atomic mass is 16.6. The van der Waals surface area contributed by atoms with Crippen LogP contribution in [-0.2, 0) is 9.53 Å². The molecule has 2 atom stereocenters. The van der Waals surface area contributed by atoms with E-state index in [1.165, 1.54) is 0 Å². The van der Waals surface area contributed by atoms with Crippen LogP contribution in [0.2, 0.25) is 0 Å². The number of amides is 1. The predicted octanol–water partition coefficient (Wildman–Crippen LogP) is 2.27. The number of carbonyl (C=O) groups excluding carboxylic acids is 2. The third kappa shape index (κ3) is 9.47. The Bertz CT molecular complexity index is 284. The van der Waals surface area contributed by atoms with Crippen molar-refractivity contribution < 1.29 is 19.4 Å². The number of carbonyl (C=O) groups is 2. The van der Waals surface area contributed by atoms with Crippen LogP contribution < -0.4 is 5.32 Å². The Balaban J connectivity index is 4.49. The topological polar surface area (TPSA) is 75.6 Å². The lowest BCUT2D eigenvalue weighted by atomic mass is 9.97. The van der Waals surface area contributed by atoms with Crippen LogP contribution in [0.3, 0.4) is 0 Å². The fourth-order valence-electron chi connectivity index (χ4n) is 1.72. The van der Waals surface area contributed by atoms with E-state index in [2.05, 4.69) is 5.32 Å². The molecule has 0 saturated heterocycles. The number of ether oxygens (including phenoxy) is 1. The Morgan fingerprint density at radius 3 is 2.37 bits per heavy atom. The van der Waals surface area contributed by atoms with Gasteiger partial charge in [-0.2, -0.15) is 0 Å². The number of nitrogens with one attached hydrogen (secondary N) is 1. The van der Waals surface area contributed by atoms with E-state index in [0.29, 0.717) is 18.8 Å². The van der Waals surface area contributed by atoms with Gasteiger partial charge in [0.05, 0.1) is 12.1 Å². The Kier molecular flexibility index (Phi) is 7.68. The summed E-state index contributed by atoms with van der Waals surface area (Å²) < 4.78 is 5.17. The largest absolute Gasteiger partial charge is 0.444 e. The maximum Gasteiger partial charge on any atom is 0.407 e. The van der Waals surface area contributed by atoms with Gasteiger partial charge in [0.15, 0.2) is 0 Å². The monoisotopic (exact) mass is 273 g/mol. The zero-order valence-corrected chi connectivity index (χ0v) is 12.6. The molecule has 0 rings (SSSR count). The van der Waals surface area contributed by atoms with Gasteiger partial charge in [0, 0.05) is 6.42 Å². The smallest absolute Gasteiger partial charge is 0.407 e. The van der Waals surface area contributed by atoms with Crippen molar-refractivity contribution in [2.75, 3.05) is 0 Å². The third-order valence-corrected chi connectivity index (χ3v) is 2.47. The molecule has 2 N–H and O–H groups in total. The Hall–Kier alpha value is -1.10. The van der Waals surface area contributed by atoms with Crippen LogP contribution >= 0.6 is 0 Å². The molecular weight excluding hydrogens is 246 g/mol. The van der Waals surface area contributed by atoms with Gasteiger partial charge < -0.3 is 20.0 Å². The molecule has 0 fully saturated rings. The number of hydrogen-bond donors (Lipinski definition) is 2. The highest BCUT2D eigenvalue weighted by Crippen LogP contribution is 2.13. The number of hydrogen-bond acceptors (Lipinski definition) is 4. The summed E-state index contributed by atoms with van der Waals surface area (Å²) in [5.41, 5.74) is -0.569. The fraction of sp³-hybridized carbons (Fsp3) is 0.857. The number of rotatable bonds is 7. The molecule has 0 aliphatic heterocycles. The van der Waals surface area contributed by atoms with Crippen LogP contribution in [0.25, 0.3) is 0 Å². The normalized spacial score (nSPS) is 14.9. The van der Waals surface area contributed by atoms with Gasteiger partial charge in [-0.15, -0.1) is 0 Å². The van der Waals surface area contributed by atoms with Crippen molar-refractivity contribution in [1.29, 1.82) is 0 Å². The Morgan fingerprint density at radius 2 is 1.95 bits per heavy atom. The average molecular weight is 273 g/mol. The second kappa shape index (κ2) is 8.15. The number of alkyl carbamates (subject to hydrolysis) is 1. The molecule has 112 valence electrons. The van der Waals surface area contributed by atoms with Gasteiger partial charge in [0.25, 0.3) is 0 Å². The summed E-state index contributed by atoms with van der Waals surface area (Å²) in [6, 6.07) is -0.394. The number of aliphatic hydroxyl groups is 1. The lowest BCUT2D eigenvalue weighted by molar-refractivity contribution is -0.108. The zero-order valence-electron chi connectivity index (χ0n) is 12.6. The summed E-state index contributed by atoms with van der Waals surface area (Å²) in [5, 5.41) is 12.7. The highest BCUT2D eigenvalue weighted by Gasteiger charge is 2.24. The molecule has 5 nitrogen and oxygen atoms in total. The first-order chi connectivity index (χ1) is 8.65. The summed E-state index contributed by atoms with van der Waals surface area (Å²) in [6.07, 6.45) is 0.758. The second-order valence-electron chi connectivity index (χ2n) is 6.19. The fourth-order valence-corrected chi connectivity index (χ4v) is 1.72. The lowest BCUT2D eigenvalue weighted by Gasteiger charge is -2.27. The highest BCUT2D eigenvalue weighted by molar-refractivity contribution is 5.68. The molecular formula is C14H27NO4. The SMILES string of the molecule is CC(C)CC(NC(=O)OC(C)(C)C)C(O)CCC=O. The van der Waals surface area contributed by atoms with Crippen molar-refractivity contribution >= 4 is 12.4 Å². The van der Waals surface area contributed by atoms with Crippen LogP contribution in [0.4, 0.5) is 4.79 Å². The molecule has 0 spiro atoms. The van der Waals surface area contributed by atoms with Crippen molar-refractivity contribution in [3.8, 4) is 0 Å². The van der Waals surface area contributed by atoms with Crippen LogP contribution in [0.15, 0.2) is 0 Å². The summed E-state index contributed by atoms with van der Waals surface area (Å²) in [4.78, 5) is 22.1. The molecule has 0 radical (unpaired) electrons. The van der Waals surface area contributed by atoms with Crippen molar-refractivity contribution in [3.63, 3.8) is 0 Å². The summed E-state index contributed by atoms with van der Waals surface area (Å²) >= 11 is 0. The van der Waals surface area contributed by atoms with E-state index in [1.807, 2.05) is 13.8 Å². The first kappa shape index (κ1) is 17.9. The summed E-state index contributed by atoms with van der Waals surface area (Å²) in [6.45, 7) is 9.37. The molecule has 0 aliphatic carbocycles. The van der Waals surface area contributed by atoms with Crippen molar-refractivity contribution in [1.82, 2.24) is 5.32 Å². The first-order valence-corrected chi connectivity index (χ1v) is 6.77. The molecule has 0 aromatic carbocycles. The minimum atomic E-state index is -0.736. The van der Waals surface area contributed by atoms with E-state index in [0.717, 1.165) is 6.29 Å². The molecule has 1 amide bonds. The van der Waals surface area contributed by atoms with E-state index in [4.69, 9.17) is 4.74 Å². The van der Waals surface area contributed by atoms with Gasteiger partial charge in [-0.3, -0.25) is 0 Å². The molecule has 0 saturated carbocycles. The van der Waals surface area contributed by atoms with Crippen LogP contribution in [0.5, 0.6) is 0 Å². The van der Waals surface area contributed by atoms with Crippen molar-refractivity contribution in [3.05, 3.63) is 0 Å². The second-order valence-corrected chi connectivity index (χ2v) is 6.19. The molecule has 5 heteroatoms. The molecule has 0 aromatic heterocycles. The first-order valence-electron chi connectivity index (χ1n) is 6.77. The van der Waals surface area contributed by atoms with Gasteiger partial charge in [-0.1, -0.05) is 13.8 Å². The van der Waals surface area contributed by atoms with Gasteiger partial charge in [0.1, 0.15) is 11.9 Å². The minimum Gasteiger partial charge on any atom is -0.444 e. The zero-order chi connectivity index (χ0) is 15.1. The standard InChI is InChI=1S/C14H27NO4/c1-10(2)9-11(12(17)7-6-8-16)15-13(18)19-14(3,4)5/h8,10-12,17H,6-7,9H2,1-5H3,(H,15,18). The molecule has 2 unspecified atom stereocenters. The summed E-state index contributed by atoms with van der Waals surface area (Å²) in [7, 11) is 0. The van der Waals surface area contributed by atoms with E-state index < -0.39 is 23.8 Å². The molecule has 0 heterocycles. The average Bonchev–Trinajstić information content (AvgIpc) is 2.21. The maximum atomic E-state index is 11.7. The van der Waals surface area contributed by atoms with E-state index in [1.54, 1.807) is 20.8 Å². The van der Waals surface area contributed by atoms with Gasteiger partial charge >= 0.3 is 6.09 Å². The third-order valence-electron chi connectivity index (χ3n) is 2.47. The minimum absolute atomic E-state index is 0.283. The van der Waals surface area contributed by atoms with E-state index in [9.17, 15) is 14.7 Å². The van der Waals surface area contributed by atoms with Gasteiger partial charge in [0.2, 0.25) is 0 Å². The van der Waals surface area contributed by atoms with Gasteiger partial charge in [-0.25, -0.2) is 4.79 Å². The van der Waals surface area contributed by atoms with Crippen LogP contribution in [0.1, 0.15) is 53.9 Å². The van der Waals surface area contributed by atoms with Crippen molar-refractivity contribution in [2.45, 2.75) is 71.6 Å².